The molecule has 3 rings (SSSR count). The maximum atomic E-state index is 10.8. The van der Waals surface area contributed by atoms with Gasteiger partial charge in [-0.15, -0.1) is 0 Å². The molecule has 0 radical (unpaired) electrons. The molecular formula is C18H18BrNO. The maximum absolute atomic E-state index is 10.8. The first-order valence-corrected chi connectivity index (χ1v) is 8.23. The zero-order valence-electron chi connectivity index (χ0n) is 11.8. The van der Waals surface area contributed by atoms with Crippen LogP contribution in [0.2, 0.25) is 0 Å². The van der Waals surface area contributed by atoms with Crippen LogP contribution < -0.4 is 0 Å². The number of hydrogen-bond donors (Lipinski definition) is 0. The molecule has 1 aliphatic rings. The minimum absolute atomic E-state index is 0.285. The summed E-state index contributed by atoms with van der Waals surface area (Å²) in [6.45, 7) is 0. The van der Waals surface area contributed by atoms with Crippen molar-refractivity contribution in [3.8, 4) is 11.3 Å². The van der Waals surface area contributed by atoms with Crippen LogP contribution in [0.25, 0.3) is 11.3 Å². The van der Waals surface area contributed by atoms with Gasteiger partial charge in [-0.25, -0.2) is 0 Å². The molecule has 0 N–H and O–H groups in total. The van der Waals surface area contributed by atoms with E-state index in [-0.39, 0.29) is 5.92 Å². The van der Waals surface area contributed by atoms with Crippen LogP contribution in [0, 0.1) is 5.92 Å². The van der Waals surface area contributed by atoms with E-state index in [0.29, 0.717) is 5.92 Å². The first-order valence-electron chi connectivity index (χ1n) is 7.43. The monoisotopic (exact) mass is 343 g/mol. The molecule has 0 bridgehead atoms. The highest BCUT2D eigenvalue weighted by molar-refractivity contribution is 9.10. The van der Waals surface area contributed by atoms with Gasteiger partial charge in [0.15, 0.2) is 0 Å². The largest absolute Gasteiger partial charge is 0.303 e. The fraction of sp³-hybridized carbons (Fsp3) is 0.333. The quantitative estimate of drug-likeness (QED) is 0.735. The van der Waals surface area contributed by atoms with Gasteiger partial charge in [-0.3, -0.25) is 4.98 Å². The summed E-state index contributed by atoms with van der Waals surface area (Å²) in [7, 11) is 0. The zero-order valence-corrected chi connectivity index (χ0v) is 13.4. The van der Waals surface area contributed by atoms with Crippen LogP contribution in [0.5, 0.6) is 0 Å². The van der Waals surface area contributed by atoms with Crippen LogP contribution in [0.1, 0.15) is 37.2 Å². The lowest BCUT2D eigenvalue weighted by atomic mass is 9.79. The summed E-state index contributed by atoms with van der Waals surface area (Å²) in [4.78, 5) is 15.2. The van der Waals surface area contributed by atoms with E-state index < -0.39 is 0 Å². The van der Waals surface area contributed by atoms with Crippen molar-refractivity contribution in [2.75, 3.05) is 0 Å². The van der Waals surface area contributed by atoms with Crippen molar-refractivity contribution in [3.05, 3.63) is 52.6 Å². The molecule has 108 valence electrons. The second-order valence-electron chi connectivity index (χ2n) is 5.73. The number of hydrogen-bond acceptors (Lipinski definition) is 2. The molecule has 21 heavy (non-hydrogen) atoms. The van der Waals surface area contributed by atoms with Gasteiger partial charge in [-0.2, -0.15) is 0 Å². The molecule has 0 spiro atoms. The molecule has 2 aromatic rings. The molecule has 1 fully saturated rings. The number of benzene rings is 1. The second-order valence-corrected chi connectivity index (χ2v) is 6.65. The van der Waals surface area contributed by atoms with Crippen molar-refractivity contribution in [2.45, 2.75) is 31.6 Å². The summed E-state index contributed by atoms with van der Waals surface area (Å²) in [5.74, 6) is 0.889. The molecule has 2 nitrogen and oxygen atoms in total. The lowest BCUT2D eigenvalue weighted by Crippen LogP contribution is -2.14. The number of pyridine rings is 1. The first-order chi connectivity index (χ1) is 10.3. The third-order valence-electron chi connectivity index (χ3n) is 4.37. The van der Waals surface area contributed by atoms with Crippen molar-refractivity contribution >= 4 is 22.2 Å². The first kappa shape index (κ1) is 14.5. The number of halogens is 1. The fourth-order valence-electron chi connectivity index (χ4n) is 3.06. The van der Waals surface area contributed by atoms with Crippen LogP contribution in [-0.2, 0) is 4.79 Å². The van der Waals surface area contributed by atoms with Crippen molar-refractivity contribution in [3.63, 3.8) is 0 Å². The highest BCUT2D eigenvalue weighted by Gasteiger charge is 2.21. The van der Waals surface area contributed by atoms with Gasteiger partial charge in [0.1, 0.15) is 6.29 Å². The SMILES string of the molecule is O=CC1CCC(c2ccc(-c3ccc(Br)cn3)cc2)CC1. The molecule has 1 heterocycles. The Morgan fingerprint density at radius 1 is 1.00 bits per heavy atom. The minimum Gasteiger partial charge on any atom is -0.303 e. The molecule has 3 heteroatoms. The molecule has 1 saturated carbocycles. The maximum Gasteiger partial charge on any atom is 0.123 e. The Labute approximate surface area is 133 Å². The Morgan fingerprint density at radius 3 is 2.29 bits per heavy atom. The summed E-state index contributed by atoms with van der Waals surface area (Å²) in [6, 6.07) is 12.8. The van der Waals surface area contributed by atoms with Crippen LogP contribution in [0.15, 0.2) is 47.1 Å². The van der Waals surface area contributed by atoms with Crippen LogP contribution in [0.3, 0.4) is 0 Å². The summed E-state index contributed by atoms with van der Waals surface area (Å²) < 4.78 is 0.995. The number of carbonyl (C=O) groups is 1. The van der Waals surface area contributed by atoms with Crippen LogP contribution >= 0.6 is 15.9 Å². The normalized spacial score (nSPS) is 22.0. The van der Waals surface area contributed by atoms with Crippen LogP contribution in [0.4, 0.5) is 0 Å². The smallest absolute Gasteiger partial charge is 0.123 e. The average molecular weight is 344 g/mol. The highest BCUT2D eigenvalue weighted by atomic mass is 79.9. The summed E-state index contributed by atoms with van der Waals surface area (Å²) in [5, 5.41) is 0. The van der Waals surface area contributed by atoms with E-state index in [1.54, 1.807) is 0 Å². The average Bonchev–Trinajstić information content (AvgIpc) is 2.56. The molecule has 0 aliphatic heterocycles. The summed E-state index contributed by atoms with van der Waals surface area (Å²) in [5.41, 5.74) is 3.53. The molecule has 1 aliphatic carbocycles. The van der Waals surface area contributed by atoms with E-state index in [2.05, 4.69) is 45.2 Å². The number of aromatic nitrogens is 1. The summed E-state index contributed by atoms with van der Waals surface area (Å²) in [6.07, 6.45) is 7.26. The predicted octanol–water partition coefficient (Wildman–Crippen LogP) is 4.98. The molecule has 0 atom stereocenters. The van der Waals surface area contributed by atoms with E-state index in [1.165, 1.54) is 5.56 Å². The molecule has 1 aromatic carbocycles. The number of aldehydes is 1. The Bertz CT molecular complexity index is 598. The van der Waals surface area contributed by atoms with Crippen molar-refractivity contribution < 1.29 is 4.79 Å². The summed E-state index contributed by atoms with van der Waals surface area (Å²) >= 11 is 3.41. The van der Waals surface area contributed by atoms with Gasteiger partial charge in [0.05, 0.1) is 5.69 Å². The van der Waals surface area contributed by atoms with Gasteiger partial charge in [0.2, 0.25) is 0 Å². The van der Waals surface area contributed by atoms with Crippen molar-refractivity contribution in [2.24, 2.45) is 5.92 Å². The standard InChI is InChI=1S/C18H18BrNO/c19-17-9-10-18(20-11-17)16-7-5-15(6-8-16)14-3-1-13(12-21)2-4-14/h5-14H,1-4H2. The zero-order chi connectivity index (χ0) is 14.7. The molecule has 0 amide bonds. The predicted molar refractivity (Wildman–Crippen MR) is 88.1 cm³/mol. The third kappa shape index (κ3) is 3.41. The molecule has 0 unspecified atom stereocenters. The Kier molecular flexibility index (Phi) is 4.49. The number of rotatable bonds is 3. The number of carbonyl (C=O) groups excluding carboxylic acids is 1. The van der Waals surface area contributed by atoms with Gasteiger partial charge < -0.3 is 4.79 Å². The van der Waals surface area contributed by atoms with Gasteiger partial charge in [-0.05, 0) is 65.2 Å². The minimum atomic E-state index is 0.285. The van der Waals surface area contributed by atoms with Gasteiger partial charge in [0, 0.05) is 22.2 Å². The van der Waals surface area contributed by atoms with E-state index >= 15 is 0 Å². The van der Waals surface area contributed by atoms with Gasteiger partial charge in [-0.1, -0.05) is 24.3 Å². The molecule has 0 saturated heterocycles. The lowest BCUT2D eigenvalue weighted by Gasteiger charge is -2.25. The fourth-order valence-corrected chi connectivity index (χ4v) is 3.30. The van der Waals surface area contributed by atoms with E-state index in [4.69, 9.17) is 0 Å². The topological polar surface area (TPSA) is 30.0 Å². The van der Waals surface area contributed by atoms with Crippen LogP contribution in [-0.4, -0.2) is 11.3 Å². The Morgan fingerprint density at radius 2 is 1.71 bits per heavy atom. The van der Waals surface area contributed by atoms with Crippen molar-refractivity contribution in [1.29, 1.82) is 0 Å². The van der Waals surface area contributed by atoms with Gasteiger partial charge >= 0.3 is 0 Å². The van der Waals surface area contributed by atoms with Crippen molar-refractivity contribution in [1.82, 2.24) is 4.98 Å². The Hall–Kier alpha value is -1.48. The van der Waals surface area contributed by atoms with E-state index in [0.717, 1.165) is 47.7 Å². The lowest BCUT2D eigenvalue weighted by molar-refractivity contribution is -0.111. The Balaban J connectivity index is 1.72. The molecular weight excluding hydrogens is 326 g/mol. The van der Waals surface area contributed by atoms with Gasteiger partial charge in [0.25, 0.3) is 0 Å². The van der Waals surface area contributed by atoms with E-state index in [9.17, 15) is 4.79 Å². The van der Waals surface area contributed by atoms with E-state index in [1.807, 2.05) is 18.3 Å². The molecule has 1 aromatic heterocycles. The highest BCUT2D eigenvalue weighted by Crippen LogP contribution is 2.35. The number of nitrogens with zero attached hydrogens (tertiary/aromatic N) is 1. The second kappa shape index (κ2) is 6.52. The third-order valence-corrected chi connectivity index (χ3v) is 4.84.